The van der Waals surface area contributed by atoms with Gasteiger partial charge in [0.2, 0.25) is 10.0 Å². The van der Waals surface area contributed by atoms with Crippen LogP contribution in [0, 0.1) is 0 Å². The fraction of sp³-hybridized carbons (Fsp3) is 1.00. The first-order chi connectivity index (χ1) is 8.91. The molecule has 0 bridgehead atoms. The van der Waals surface area contributed by atoms with Crippen molar-refractivity contribution in [2.75, 3.05) is 33.4 Å². The zero-order valence-corrected chi connectivity index (χ0v) is 13.8. The lowest BCUT2D eigenvalue weighted by Crippen LogP contribution is -2.47. The van der Waals surface area contributed by atoms with Gasteiger partial charge in [0, 0.05) is 26.2 Å². The highest BCUT2D eigenvalue weighted by atomic mass is 32.2. The molecule has 0 saturated heterocycles. The van der Waals surface area contributed by atoms with E-state index in [1.807, 2.05) is 13.8 Å². The van der Waals surface area contributed by atoms with Gasteiger partial charge in [-0.05, 0) is 33.2 Å². The van der Waals surface area contributed by atoms with E-state index in [2.05, 4.69) is 12.2 Å². The molecule has 0 heterocycles. The van der Waals surface area contributed by atoms with Crippen LogP contribution >= 0.6 is 0 Å². The Morgan fingerprint density at radius 1 is 1.26 bits per heavy atom. The minimum Gasteiger partial charge on any atom is -0.383 e. The molecule has 0 aliphatic carbocycles. The summed E-state index contributed by atoms with van der Waals surface area (Å²) in [5, 5.41) is 2.76. The number of nitrogens with one attached hydrogen (secondary N) is 1. The molecule has 116 valence electrons. The van der Waals surface area contributed by atoms with Crippen molar-refractivity contribution in [3.05, 3.63) is 0 Å². The summed E-state index contributed by atoms with van der Waals surface area (Å²) in [7, 11) is -1.68. The summed E-state index contributed by atoms with van der Waals surface area (Å²) in [6.07, 6.45) is 1.81. The molecule has 2 unspecified atom stereocenters. The molecular weight excluding hydrogens is 264 g/mol. The van der Waals surface area contributed by atoms with Crippen molar-refractivity contribution in [2.24, 2.45) is 0 Å². The van der Waals surface area contributed by atoms with Crippen LogP contribution in [0.5, 0.6) is 0 Å². The Hall–Kier alpha value is -0.170. The molecule has 2 atom stereocenters. The van der Waals surface area contributed by atoms with Crippen LogP contribution in [0.15, 0.2) is 0 Å². The summed E-state index contributed by atoms with van der Waals surface area (Å²) >= 11 is 0. The quantitative estimate of drug-likeness (QED) is 0.586. The number of ether oxygens (including phenoxy) is 1. The van der Waals surface area contributed by atoms with E-state index in [0.29, 0.717) is 19.7 Å². The third kappa shape index (κ3) is 6.21. The molecule has 0 radical (unpaired) electrons. The molecule has 0 saturated carbocycles. The topological polar surface area (TPSA) is 58.6 Å². The van der Waals surface area contributed by atoms with Gasteiger partial charge in [0.1, 0.15) is 0 Å². The SMILES string of the molecule is CCCNCC(C)S(=O)(=O)N(CCOC)C(C)CC. The number of hydrogen-bond donors (Lipinski definition) is 1. The first-order valence-corrected chi connectivity index (χ1v) is 8.62. The van der Waals surface area contributed by atoms with Crippen LogP contribution in [0.25, 0.3) is 0 Å². The summed E-state index contributed by atoms with van der Waals surface area (Å²) < 4.78 is 31.7. The Labute approximate surface area is 118 Å². The molecule has 0 aliphatic rings. The van der Waals surface area contributed by atoms with Gasteiger partial charge in [0.25, 0.3) is 0 Å². The summed E-state index contributed by atoms with van der Waals surface area (Å²) in [5.74, 6) is 0. The standard InChI is InChI=1S/C13H30N2O3S/c1-6-8-14-11-13(4)19(16,17)15(9-10-18-5)12(3)7-2/h12-14H,6-11H2,1-5H3. The zero-order valence-electron chi connectivity index (χ0n) is 13.0. The van der Waals surface area contributed by atoms with Crippen LogP contribution in [0.3, 0.4) is 0 Å². The highest BCUT2D eigenvalue weighted by molar-refractivity contribution is 7.89. The Morgan fingerprint density at radius 3 is 2.37 bits per heavy atom. The minimum atomic E-state index is -3.27. The van der Waals surface area contributed by atoms with Gasteiger partial charge < -0.3 is 10.1 Å². The van der Waals surface area contributed by atoms with Crippen molar-refractivity contribution in [1.82, 2.24) is 9.62 Å². The number of methoxy groups -OCH3 is 1. The van der Waals surface area contributed by atoms with Gasteiger partial charge in [-0.3, -0.25) is 0 Å². The van der Waals surface area contributed by atoms with E-state index < -0.39 is 15.3 Å². The van der Waals surface area contributed by atoms with E-state index >= 15 is 0 Å². The molecule has 0 aromatic carbocycles. The van der Waals surface area contributed by atoms with Crippen LogP contribution in [-0.2, 0) is 14.8 Å². The van der Waals surface area contributed by atoms with E-state index in [4.69, 9.17) is 4.74 Å². The fourth-order valence-corrected chi connectivity index (χ4v) is 3.57. The van der Waals surface area contributed by atoms with E-state index in [1.54, 1.807) is 18.3 Å². The predicted molar refractivity (Wildman–Crippen MR) is 79.9 cm³/mol. The van der Waals surface area contributed by atoms with Gasteiger partial charge in [-0.15, -0.1) is 0 Å². The third-order valence-corrected chi connectivity index (χ3v) is 5.67. The summed E-state index contributed by atoms with van der Waals surface area (Å²) in [5.41, 5.74) is 0. The first kappa shape index (κ1) is 18.8. The van der Waals surface area contributed by atoms with Gasteiger partial charge in [-0.1, -0.05) is 13.8 Å². The Balaban J connectivity index is 4.75. The number of nitrogens with zero attached hydrogens (tertiary/aromatic N) is 1. The maximum atomic E-state index is 12.6. The number of sulfonamides is 1. The Kier molecular flexibility index (Phi) is 9.60. The van der Waals surface area contributed by atoms with E-state index in [0.717, 1.165) is 19.4 Å². The number of rotatable bonds is 11. The fourth-order valence-electron chi connectivity index (χ4n) is 1.80. The molecule has 6 heteroatoms. The van der Waals surface area contributed by atoms with Crippen molar-refractivity contribution < 1.29 is 13.2 Å². The molecule has 19 heavy (non-hydrogen) atoms. The normalized spacial score (nSPS) is 15.7. The van der Waals surface area contributed by atoms with Gasteiger partial charge in [-0.2, -0.15) is 4.31 Å². The van der Waals surface area contributed by atoms with Crippen molar-refractivity contribution >= 4 is 10.0 Å². The molecule has 5 nitrogen and oxygen atoms in total. The van der Waals surface area contributed by atoms with Gasteiger partial charge in [-0.25, -0.2) is 8.42 Å². The minimum absolute atomic E-state index is 0.00813. The Morgan fingerprint density at radius 2 is 1.89 bits per heavy atom. The van der Waals surface area contributed by atoms with Gasteiger partial charge in [0.15, 0.2) is 0 Å². The van der Waals surface area contributed by atoms with Crippen LogP contribution < -0.4 is 5.32 Å². The molecule has 0 aromatic rings. The summed E-state index contributed by atoms with van der Waals surface area (Å²) in [4.78, 5) is 0. The zero-order chi connectivity index (χ0) is 14.9. The lowest BCUT2D eigenvalue weighted by molar-refractivity contribution is 0.167. The highest BCUT2D eigenvalue weighted by Gasteiger charge is 2.31. The molecule has 0 amide bonds. The molecule has 0 rings (SSSR count). The molecule has 0 aromatic heterocycles. The monoisotopic (exact) mass is 294 g/mol. The van der Waals surface area contributed by atoms with Gasteiger partial charge in [0.05, 0.1) is 11.9 Å². The van der Waals surface area contributed by atoms with Crippen LogP contribution in [0.4, 0.5) is 0 Å². The van der Waals surface area contributed by atoms with Crippen LogP contribution in [0.2, 0.25) is 0 Å². The van der Waals surface area contributed by atoms with Crippen molar-refractivity contribution in [3.8, 4) is 0 Å². The van der Waals surface area contributed by atoms with Crippen molar-refractivity contribution in [1.29, 1.82) is 0 Å². The second kappa shape index (κ2) is 9.69. The van der Waals surface area contributed by atoms with Crippen LogP contribution in [-0.4, -0.2) is 57.4 Å². The third-order valence-electron chi connectivity index (χ3n) is 3.29. The number of hydrogen-bond acceptors (Lipinski definition) is 4. The van der Waals surface area contributed by atoms with Crippen molar-refractivity contribution in [3.63, 3.8) is 0 Å². The maximum absolute atomic E-state index is 12.6. The average molecular weight is 294 g/mol. The first-order valence-electron chi connectivity index (χ1n) is 7.12. The molecule has 0 aliphatic heterocycles. The second-order valence-electron chi connectivity index (χ2n) is 4.92. The van der Waals surface area contributed by atoms with E-state index in [1.165, 1.54) is 0 Å². The van der Waals surface area contributed by atoms with Gasteiger partial charge >= 0.3 is 0 Å². The van der Waals surface area contributed by atoms with E-state index in [9.17, 15) is 8.42 Å². The molecular formula is C13H30N2O3S. The van der Waals surface area contributed by atoms with Crippen LogP contribution in [0.1, 0.15) is 40.5 Å². The summed E-state index contributed by atoms with van der Waals surface area (Å²) in [6, 6.07) is 0.00813. The highest BCUT2D eigenvalue weighted by Crippen LogP contribution is 2.14. The average Bonchev–Trinajstić information content (AvgIpc) is 2.38. The lowest BCUT2D eigenvalue weighted by Gasteiger charge is -2.30. The summed E-state index contributed by atoms with van der Waals surface area (Å²) in [6.45, 7) is 9.97. The maximum Gasteiger partial charge on any atom is 0.218 e. The predicted octanol–water partition coefficient (Wildman–Crippen LogP) is 1.45. The molecule has 0 spiro atoms. The smallest absolute Gasteiger partial charge is 0.218 e. The lowest BCUT2D eigenvalue weighted by atomic mass is 10.3. The Bertz CT molecular complexity index is 320. The molecule has 1 N–H and O–H groups in total. The largest absolute Gasteiger partial charge is 0.383 e. The molecule has 0 fully saturated rings. The second-order valence-corrected chi connectivity index (χ2v) is 7.22. The van der Waals surface area contributed by atoms with E-state index in [-0.39, 0.29) is 6.04 Å². The van der Waals surface area contributed by atoms with Crippen molar-refractivity contribution in [2.45, 2.75) is 51.8 Å².